The maximum Gasteiger partial charge on any atom is 0.344 e. The van der Waals surface area contributed by atoms with E-state index in [0.717, 1.165) is 11.2 Å². The second kappa shape index (κ2) is 8.12. The van der Waals surface area contributed by atoms with E-state index < -0.39 is 21.9 Å². The van der Waals surface area contributed by atoms with Crippen LogP contribution in [0, 0.1) is 0 Å². The Hall–Kier alpha value is -1.70. The fourth-order valence-electron chi connectivity index (χ4n) is 2.00. The molecule has 2 aromatic carbocycles. The maximum absolute atomic E-state index is 11.5. The van der Waals surface area contributed by atoms with Crippen LogP contribution in [0.5, 0.6) is 5.75 Å². The Morgan fingerprint density at radius 2 is 1.88 bits per heavy atom. The number of ether oxygens (including phenoxy) is 1. The minimum Gasteiger partial charge on any atom is -0.479 e. The third-order valence-electron chi connectivity index (χ3n) is 3.30. The van der Waals surface area contributed by atoms with Crippen LogP contribution < -0.4 is 4.74 Å². The first-order chi connectivity index (χ1) is 11.7. The van der Waals surface area contributed by atoms with Crippen LogP contribution in [0.1, 0.15) is 13.3 Å². The van der Waals surface area contributed by atoms with Gasteiger partial charge in [-0.3, -0.25) is 0 Å². The Kier molecular flexibility index (Phi) is 6.37. The topological polar surface area (TPSA) is 80.7 Å². The zero-order valence-electron chi connectivity index (χ0n) is 13.6. The lowest BCUT2D eigenvalue weighted by Crippen LogP contribution is -2.26. The van der Waals surface area contributed by atoms with Gasteiger partial charge in [-0.25, -0.2) is 13.2 Å². The van der Waals surface area contributed by atoms with Crippen LogP contribution in [0.3, 0.4) is 0 Å². The summed E-state index contributed by atoms with van der Waals surface area (Å²) in [5.41, 5.74) is 0. The number of halogens is 1. The number of benzene rings is 2. The number of carbonyl (C=O) groups is 1. The molecule has 0 aliphatic rings. The van der Waals surface area contributed by atoms with E-state index in [1.165, 1.54) is 23.9 Å². The van der Waals surface area contributed by atoms with E-state index in [0.29, 0.717) is 22.1 Å². The molecular formula is C17H17ClO5S2. The van der Waals surface area contributed by atoms with Crippen LogP contribution in [0.2, 0.25) is 5.02 Å². The maximum atomic E-state index is 11.5. The van der Waals surface area contributed by atoms with E-state index >= 15 is 0 Å². The van der Waals surface area contributed by atoms with Crippen LogP contribution in [0.4, 0.5) is 0 Å². The molecule has 0 fully saturated rings. The molecule has 0 bridgehead atoms. The van der Waals surface area contributed by atoms with Crippen molar-refractivity contribution in [2.24, 2.45) is 0 Å². The van der Waals surface area contributed by atoms with E-state index in [4.69, 9.17) is 21.4 Å². The van der Waals surface area contributed by atoms with Crippen molar-refractivity contribution < 1.29 is 23.1 Å². The van der Waals surface area contributed by atoms with Crippen molar-refractivity contribution in [1.82, 2.24) is 0 Å². The van der Waals surface area contributed by atoms with Gasteiger partial charge in [-0.2, -0.15) is 0 Å². The van der Waals surface area contributed by atoms with Crippen LogP contribution in [-0.2, 0) is 14.6 Å². The highest BCUT2D eigenvalue weighted by Crippen LogP contribution is 2.37. The molecule has 0 radical (unpaired) electrons. The molecule has 0 spiro atoms. The Balaban J connectivity index is 2.29. The lowest BCUT2D eigenvalue weighted by atomic mass is 10.2. The second-order valence-electron chi connectivity index (χ2n) is 5.29. The number of aliphatic carboxylic acids is 1. The van der Waals surface area contributed by atoms with Crippen LogP contribution in [0.25, 0.3) is 0 Å². The summed E-state index contributed by atoms with van der Waals surface area (Å²) in [6, 6.07) is 11.3. The van der Waals surface area contributed by atoms with E-state index in [2.05, 4.69) is 0 Å². The van der Waals surface area contributed by atoms with Gasteiger partial charge in [0.05, 0.1) is 9.79 Å². The smallest absolute Gasteiger partial charge is 0.344 e. The first-order valence-corrected chi connectivity index (χ1v) is 10.5. The minimum absolute atomic E-state index is 0.233. The monoisotopic (exact) mass is 400 g/mol. The number of hydrogen-bond acceptors (Lipinski definition) is 5. The quantitative estimate of drug-likeness (QED) is 0.752. The summed E-state index contributed by atoms with van der Waals surface area (Å²) in [4.78, 5) is 12.9. The summed E-state index contributed by atoms with van der Waals surface area (Å²) in [5.74, 6) is -0.623. The number of hydrogen-bond donors (Lipinski definition) is 1. The number of sulfone groups is 1. The summed E-state index contributed by atoms with van der Waals surface area (Å²) in [6.07, 6.45) is 0.521. The van der Waals surface area contributed by atoms with Crippen molar-refractivity contribution in [3.05, 3.63) is 47.5 Å². The van der Waals surface area contributed by atoms with Crippen molar-refractivity contribution in [2.75, 3.05) is 6.26 Å². The predicted octanol–water partition coefficient (Wildman–Crippen LogP) is 4.14. The number of carboxylic acids is 1. The zero-order valence-corrected chi connectivity index (χ0v) is 16.0. The van der Waals surface area contributed by atoms with E-state index in [9.17, 15) is 13.2 Å². The average molecular weight is 401 g/mol. The molecule has 2 rings (SSSR count). The van der Waals surface area contributed by atoms with Gasteiger partial charge in [-0.05, 0) is 48.9 Å². The second-order valence-corrected chi connectivity index (χ2v) is 8.86. The van der Waals surface area contributed by atoms with Crippen LogP contribution in [0.15, 0.2) is 57.2 Å². The molecule has 134 valence electrons. The average Bonchev–Trinajstić information content (AvgIpc) is 2.53. The van der Waals surface area contributed by atoms with Crippen molar-refractivity contribution in [2.45, 2.75) is 34.1 Å². The normalized spacial score (nSPS) is 12.6. The Morgan fingerprint density at radius 3 is 2.40 bits per heavy atom. The SMILES string of the molecule is CC[C@@H](Oc1ccc(Cl)cc1Sc1ccc(S(C)(=O)=O)cc1)C(=O)O. The van der Waals surface area contributed by atoms with E-state index in [1.54, 1.807) is 37.3 Å². The summed E-state index contributed by atoms with van der Waals surface area (Å²) in [5, 5.41) is 9.65. The van der Waals surface area contributed by atoms with Crippen molar-refractivity contribution in [3.8, 4) is 5.75 Å². The molecule has 0 aliphatic carbocycles. The van der Waals surface area contributed by atoms with Crippen LogP contribution >= 0.6 is 23.4 Å². The zero-order chi connectivity index (χ0) is 18.6. The molecule has 25 heavy (non-hydrogen) atoms. The Morgan fingerprint density at radius 1 is 1.24 bits per heavy atom. The molecule has 0 unspecified atom stereocenters. The first kappa shape index (κ1) is 19.6. The van der Waals surface area contributed by atoms with E-state index in [-0.39, 0.29) is 4.90 Å². The van der Waals surface area contributed by atoms with E-state index in [1.807, 2.05) is 0 Å². The van der Waals surface area contributed by atoms with Crippen molar-refractivity contribution >= 4 is 39.2 Å². The highest BCUT2D eigenvalue weighted by atomic mass is 35.5. The van der Waals surface area contributed by atoms with Gasteiger partial charge in [0.15, 0.2) is 15.9 Å². The van der Waals surface area contributed by atoms with Gasteiger partial charge < -0.3 is 9.84 Å². The number of rotatable bonds is 7. The molecule has 0 saturated heterocycles. The summed E-state index contributed by atoms with van der Waals surface area (Å²) in [7, 11) is -3.26. The molecule has 8 heteroatoms. The molecule has 0 aromatic heterocycles. The Bertz CT molecular complexity index is 863. The van der Waals surface area contributed by atoms with Gasteiger partial charge >= 0.3 is 5.97 Å². The van der Waals surface area contributed by atoms with Gasteiger partial charge in [0.2, 0.25) is 0 Å². The highest BCUT2D eigenvalue weighted by molar-refractivity contribution is 7.99. The number of carboxylic acid groups (broad SMARTS) is 1. The summed E-state index contributed by atoms with van der Waals surface area (Å²) >= 11 is 7.35. The summed E-state index contributed by atoms with van der Waals surface area (Å²) < 4.78 is 28.6. The van der Waals surface area contributed by atoms with Gasteiger partial charge in [0, 0.05) is 16.2 Å². The van der Waals surface area contributed by atoms with Gasteiger partial charge in [0.25, 0.3) is 0 Å². The van der Waals surface area contributed by atoms with Gasteiger partial charge in [0.1, 0.15) is 5.75 Å². The molecule has 5 nitrogen and oxygen atoms in total. The largest absolute Gasteiger partial charge is 0.479 e. The highest BCUT2D eigenvalue weighted by Gasteiger charge is 2.19. The lowest BCUT2D eigenvalue weighted by molar-refractivity contribution is -0.145. The molecule has 0 saturated carbocycles. The lowest BCUT2D eigenvalue weighted by Gasteiger charge is -2.16. The standard InChI is InChI=1S/C17H17ClO5S2/c1-3-14(17(19)20)23-15-9-4-11(18)10-16(15)24-12-5-7-13(8-6-12)25(2,21)22/h4-10,14H,3H2,1-2H3,(H,19,20)/t14-/m1/s1. The fourth-order valence-corrected chi connectivity index (χ4v) is 3.80. The molecular weight excluding hydrogens is 384 g/mol. The molecule has 0 heterocycles. The minimum atomic E-state index is -3.26. The van der Waals surface area contributed by atoms with Gasteiger partial charge in [-0.15, -0.1) is 0 Å². The molecule has 1 N–H and O–H groups in total. The third kappa shape index (κ3) is 5.39. The molecule has 0 aliphatic heterocycles. The Labute approximate surface area is 155 Å². The van der Waals surface area contributed by atoms with Crippen molar-refractivity contribution in [3.63, 3.8) is 0 Å². The third-order valence-corrected chi connectivity index (χ3v) is 5.71. The van der Waals surface area contributed by atoms with Crippen LogP contribution in [-0.4, -0.2) is 31.9 Å². The molecule has 2 aromatic rings. The predicted molar refractivity (Wildman–Crippen MR) is 97.5 cm³/mol. The molecule has 1 atom stereocenters. The van der Waals surface area contributed by atoms with Gasteiger partial charge in [-0.1, -0.05) is 30.3 Å². The van der Waals surface area contributed by atoms with Crippen molar-refractivity contribution in [1.29, 1.82) is 0 Å². The fraction of sp³-hybridized carbons (Fsp3) is 0.235. The molecule has 0 amide bonds. The summed E-state index contributed by atoms with van der Waals surface area (Å²) in [6.45, 7) is 1.73. The first-order valence-electron chi connectivity index (χ1n) is 7.37.